The molecule has 0 bridgehead atoms. The number of halogens is 4. The van der Waals surface area contributed by atoms with Gasteiger partial charge in [0.1, 0.15) is 11.6 Å². The number of nitrogens with zero attached hydrogens (tertiary/aromatic N) is 2. The van der Waals surface area contributed by atoms with Gasteiger partial charge in [-0.15, -0.1) is 0 Å². The van der Waals surface area contributed by atoms with Crippen molar-refractivity contribution in [3.8, 4) is 5.75 Å². The lowest BCUT2D eigenvalue weighted by molar-refractivity contribution is -0.122. The highest BCUT2D eigenvalue weighted by molar-refractivity contribution is 6.35. The first-order chi connectivity index (χ1) is 17.2. The Morgan fingerprint density at radius 1 is 0.944 bits per heavy atom. The SMILES string of the molecule is CC(Oc1ccc(Cl)cc1Cl)C(=O)Nc1cc(Cl)ccc1N1CCN(C(=O)c2ccccc2F)CC1. The second kappa shape index (κ2) is 11.4. The number of piperazine rings is 1. The Hall–Kier alpha value is -3.00. The highest BCUT2D eigenvalue weighted by Gasteiger charge is 2.26. The quantitative estimate of drug-likeness (QED) is 0.400. The van der Waals surface area contributed by atoms with Crippen LogP contribution in [-0.2, 0) is 4.79 Å². The van der Waals surface area contributed by atoms with Crippen molar-refractivity contribution in [1.82, 2.24) is 4.90 Å². The van der Waals surface area contributed by atoms with Crippen LogP contribution >= 0.6 is 34.8 Å². The molecule has 3 aromatic carbocycles. The number of anilines is 2. The molecule has 1 unspecified atom stereocenters. The minimum Gasteiger partial charge on any atom is -0.479 e. The Morgan fingerprint density at radius 3 is 2.31 bits per heavy atom. The predicted octanol–water partition coefficient (Wildman–Crippen LogP) is 6.15. The summed E-state index contributed by atoms with van der Waals surface area (Å²) in [6.07, 6.45) is -0.856. The van der Waals surface area contributed by atoms with E-state index in [9.17, 15) is 14.0 Å². The molecule has 1 aliphatic rings. The van der Waals surface area contributed by atoms with Crippen molar-refractivity contribution < 1.29 is 18.7 Å². The van der Waals surface area contributed by atoms with Crippen molar-refractivity contribution >= 4 is 58.0 Å². The smallest absolute Gasteiger partial charge is 0.265 e. The summed E-state index contributed by atoms with van der Waals surface area (Å²) in [7, 11) is 0. The maximum absolute atomic E-state index is 14.1. The zero-order chi connectivity index (χ0) is 25.8. The molecule has 188 valence electrons. The summed E-state index contributed by atoms with van der Waals surface area (Å²) in [6.45, 7) is 3.40. The molecule has 4 rings (SSSR count). The minimum absolute atomic E-state index is 0.0557. The monoisotopic (exact) mass is 549 g/mol. The van der Waals surface area contributed by atoms with Gasteiger partial charge in [-0.05, 0) is 55.5 Å². The van der Waals surface area contributed by atoms with E-state index in [1.807, 2.05) is 11.0 Å². The summed E-state index contributed by atoms with van der Waals surface area (Å²) in [4.78, 5) is 29.3. The van der Waals surface area contributed by atoms with Crippen LogP contribution in [0.5, 0.6) is 5.75 Å². The van der Waals surface area contributed by atoms with Crippen molar-refractivity contribution in [2.45, 2.75) is 13.0 Å². The zero-order valence-corrected chi connectivity index (χ0v) is 21.6. The van der Waals surface area contributed by atoms with Gasteiger partial charge >= 0.3 is 0 Å². The third-order valence-corrected chi connectivity index (χ3v) is 6.56. The van der Waals surface area contributed by atoms with E-state index in [1.54, 1.807) is 48.2 Å². The van der Waals surface area contributed by atoms with Crippen LogP contribution in [0.4, 0.5) is 15.8 Å². The van der Waals surface area contributed by atoms with Gasteiger partial charge in [-0.2, -0.15) is 0 Å². The molecule has 0 spiro atoms. The fourth-order valence-electron chi connectivity index (χ4n) is 3.89. The molecule has 6 nitrogen and oxygen atoms in total. The lowest BCUT2D eigenvalue weighted by Gasteiger charge is -2.37. The second-order valence-corrected chi connectivity index (χ2v) is 9.52. The number of benzene rings is 3. The molecule has 1 N–H and O–H groups in total. The molecule has 36 heavy (non-hydrogen) atoms. The number of amides is 2. The molecule has 2 amide bonds. The third kappa shape index (κ3) is 6.03. The second-order valence-electron chi connectivity index (χ2n) is 8.24. The fraction of sp³-hybridized carbons (Fsp3) is 0.231. The summed E-state index contributed by atoms with van der Waals surface area (Å²) in [6, 6.07) is 15.9. The molecule has 1 saturated heterocycles. The molecule has 10 heteroatoms. The molecular formula is C26H23Cl3FN3O3. The Bertz CT molecular complexity index is 1280. The van der Waals surface area contributed by atoms with E-state index in [1.165, 1.54) is 18.2 Å². The Labute approximate surface area is 223 Å². The number of carbonyl (C=O) groups is 2. The van der Waals surface area contributed by atoms with Gasteiger partial charge in [0.15, 0.2) is 6.10 Å². The summed E-state index contributed by atoms with van der Waals surface area (Å²) < 4.78 is 19.8. The molecule has 1 heterocycles. The molecule has 1 fully saturated rings. The largest absolute Gasteiger partial charge is 0.479 e. The normalized spacial score (nSPS) is 14.4. The topological polar surface area (TPSA) is 61.9 Å². The maximum atomic E-state index is 14.1. The molecule has 0 radical (unpaired) electrons. The van der Waals surface area contributed by atoms with E-state index >= 15 is 0 Å². The standard InChI is InChI=1S/C26H23Cl3FN3O3/c1-16(36-24-9-7-17(27)14-20(24)29)25(34)31-22-15-18(28)6-8-23(22)32-10-12-33(13-11-32)26(35)19-4-2-3-5-21(19)30/h2-9,14-16H,10-13H2,1H3,(H,31,34). The van der Waals surface area contributed by atoms with Gasteiger partial charge in [0, 0.05) is 36.2 Å². The Balaban J connectivity index is 1.43. The molecule has 0 aliphatic carbocycles. The van der Waals surface area contributed by atoms with Gasteiger partial charge in [0.2, 0.25) is 0 Å². The van der Waals surface area contributed by atoms with Crippen LogP contribution in [0.15, 0.2) is 60.7 Å². The first-order valence-electron chi connectivity index (χ1n) is 11.2. The lowest BCUT2D eigenvalue weighted by atomic mass is 10.1. The summed E-state index contributed by atoms with van der Waals surface area (Å²) in [5, 5.41) is 4.09. The van der Waals surface area contributed by atoms with Crippen LogP contribution < -0.4 is 15.0 Å². The molecule has 0 aromatic heterocycles. The molecule has 3 aromatic rings. The Morgan fingerprint density at radius 2 is 1.61 bits per heavy atom. The van der Waals surface area contributed by atoms with E-state index in [4.69, 9.17) is 39.5 Å². The number of ether oxygens (including phenoxy) is 1. The fourth-order valence-corrected chi connectivity index (χ4v) is 4.51. The van der Waals surface area contributed by atoms with E-state index < -0.39 is 17.8 Å². The van der Waals surface area contributed by atoms with Crippen molar-refractivity contribution in [3.63, 3.8) is 0 Å². The van der Waals surface area contributed by atoms with Gasteiger partial charge in [-0.1, -0.05) is 46.9 Å². The van der Waals surface area contributed by atoms with E-state index in [0.29, 0.717) is 52.7 Å². The zero-order valence-electron chi connectivity index (χ0n) is 19.3. The van der Waals surface area contributed by atoms with Crippen LogP contribution in [0.1, 0.15) is 17.3 Å². The molecule has 1 aliphatic heterocycles. The van der Waals surface area contributed by atoms with Gasteiger partial charge < -0.3 is 19.9 Å². The van der Waals surface area contributed by atoms with Crippen LogP contribution in [0.2, 0.25) is 15.1 Å². The number of hydrogen-bond acceptors (Lipinski definition) is 4. The van der Waals surface area contributed by atoms with E-state index in [-0.39, 0.29) is 11.5 Å². The van der Waals surface area contributed by atoms with Crippen LogP contribution in [-0.4, -0.2) is 49.0 Å². The summed E-state index contributed by atoms with van der Waals surface area (Å²) in [5.41, 5.74) is 1.32. The molecule has 0 saturated carbocycles. The van der Waals surface area contributed by atoms with Gasteiger partial charge in [0.25, 0.3) is 11.8 Å². The van der Waals surface area contributed by atoms with Crippen molar-refractivity contribution in [3.05, 3.63) is 87.1 Å². The van der Waals surface area contributed by atoms with E-state index in [0.717, 1.165) is 5.69 Å². The molecular weight excluding hydrogens is 528 g/mol. The average molecular weight is 551 g/mol. The first-order valence-corrected chi connectivity index (χ1v) is 12.4. The van der Waals surface area contributed by atoms with Crippen LogP contribution in [0.3, 0.4) is 0 Å². The summed E-state index contributed by atoms with van der Waals surface area (Å²) >= 11 is 18.3. The average Bonchev–Trinajstić information content (AvgIpc) is 2.86. The third-order valence-electron chi connectivity index (χ3n) is 5.80. The van der Waals surface area contributed by atoms with Crippen molar-refractivity contribution in [2.24, 2.45) is 0 Å². The van der Waals surface area contributed by atoms with Crippen LogP contribution in [0, 0.1) is 5.82 Å². The van der Waals surface area contributed by atoms with Crippen molar-refractivity contribution in [1.29, 1.82) is 0 Å². The van der Waals surface area contributed by atoms with Gasteiger partial charge in [-0.3, -0.25) is 9.59 Å². The highest BCUT2D eigenvalue weighted by Crippen LogP contribution is 2.32. The number of hydrogen-bond donors (Lipinski definition) is 1. The highest BCUT2D eigenvalue weighted by atomic mass is 35.5. The maximum Gasteiger partial charge on any atom is 0.265 e. The van der Waals surface area contributed by atoms with E-state index in [2.05, 4.69) is 5.32 Å². The minimum atomic E-state index is -0.856. The number of rotatable bonds is 6. The van der Waals surface area contributed by atoms with Crippen molar-refractivity contribution in [2.75, 3.05) is 36.4 Å². The van der Waals surface area contributed by atoms with Crippen LogP contribution in [0.25, 0.3) is 0 Å². The van der Waals surface area contributed by atoms with Gasteiger partial charge in [-0.25, -0.2) is 4.39 Å². The number of carbonyl (C=O) groups excluding carboxylic acids is 2. The predicted molar refractivity (Wildman–Crippen MR) is 141 cm³/mol. The lowest BCUT2D eigenvalue weighted by Crippen LogP contribution is -2.49. The Kier molecular flexibility index (Phi) is 8.24. The summed E-state index contributed by atoms with van der Waals surface area (Å²) in [5.74, 6) is -0.934. The molecule has 1 atom stereocenters. The number of nitrogens with one attached hydrogen (secondary N) is 1. The first kappa shape index (κ1) is 26.1. The van der Waals surface area contributed by atoms with Gasteiger partial charge in [0.05, 0.1) is 22.0 Å².